The lowest BCUT2D eigenvalue weighted by Gasteiger charge is -2.18. The summed E-state index contributed by atoms with van der Waals surface area (Å²) in [5.74, 6) is -0.751. The van der Waals surface area contributed by atoms with E-state index in [1.54, 1.807) is 24.3 Å². The number of allylic oxidation sites excluding steroid dienone is 1. The maximum Gasteiger partial charge on any atom is 0.185 e. The highest BCUT2D eigenvalue weighted by Gasteiger charge is 2.13. The summed E-state index contributed by atoms with van der Waals surface area (Å²) in [6.45, 7) is 5.81. The molecule has 0 N–H and O–H groups in total. The molecule has 0 bridgehead atoms. The van der Waals surface area contributed by atoms with Gasteiger partial charge in [0.05, 0.1) is 13.1 Å². The van der Waals surface area contributed by atoms with Gasteiger partial charge in [-0.2, -0.15) is 0 Å². The number of benzene rings is 2. The second-order valence-electron chi connectivity index (χ2n) is 7.10. The SMILES string of the molecule is COc1cc(/C=C/C(=O)c2ccc(C(C)(C)C)cc2)ccc1OCC(=O)[O-]. The number of aliphatic carboxylic acids is 1. The fourth-order valence-corrected chi connectivity index (χ4v) is 2.45. The first-order valence-corrected chi connectivity index (χ1v) is 8.54. The van der Waals surface area contributed by atoms with E-state index in [-0.39, 0.29) is 11.2 Å². The first-order valence-electron chi connectivity index (χ1n) is 8.54. The molecule has 142 valence electrons. The average molecular weight is 367 g/mol. The molecule has 0 aliphatic rings. The number of ketones is 1. The smallest absolute Gasteiger partial charge is 0.185 e. The second-order valence-corrected chi connectivity index (χ2v) is 7.10. The number of ether oxygens (including phenoxy) is 2. The molecule has 0 heterocycles. The lowest BCUT2D eigenvalue weighted by Crippen LogP contribution is -2.29. The van der Waals surface area contributed by atoms with Gasteiger partial charge in [-0.3, -0.25) is 4.79 Å². The van der Waals surface area contributed by atoms with Crippen molar-refractivity contribution >= 4 is 17.8 Å². The number of methoxy groups -OCH3 is 1. The summed E-state index contributed by atoms with van der Waals surface area (Å²) in [5, 5.41) is 10.5. The maximum absolute atomic E-state index is 12.4. The molecule has 0 atom stereocenters. The summed E-state index contributed by atoms with van der Waals surface area (Å²) < 4.78 is 10.3. The van der Waals surface area contributed by atoms with E-state index in [0.29, 0.717) is 17.1 Å². The Kier molecular flexibility index (Phi) is 6.40. The van der Waals surface area contributed by atoms with Crippen LogP contribution in [0.4, 0.5) is 0 Å². The number of carbonyl (C=O) groups is 2. The largest absolute Gasteiger partial charge is 0.546 e. The minimum Gasteiger partial charge on any atom is -0.546 e. The van der Waals surface area contributed by atoms with Crippen LogP contribution in [0.2, 0.25) is 0 Å². The molecule has 0 aliphatic carbocycles. The number of carbonyl (C=O) groups excluding carboxylic acids is 2. The molecular formula is C22H23O5-. The van der Waals surface area contributed by atoms with Crippen molar-refractivity contribution < 1.29 is 24.2 Å². The molecule has 2 rings (SSSR count). The summed E-state index contributed by atoms with van der Waals surface area (Å²) >= 11 is 0. The predicted molar refractivity (Wildman–Crippen MR) is 102 cm³/mol. The van der Waals surface area contributed by atoms with Gasteiger partial charge in [-0.15, -0.1) is 0 Å². The van der Waals surface area contributed by atoms with Crippen LogP contribution in [-0.4, -0.2) is 25.5 Å². The molecule has 0 unspecified atom stereocenters. The van der Waals surface area contributed by atoms with Gasteiger partial charge in [0.2, 0.25) is 0 Å². The van der Waals surface area contributed by atoms with Crippen LogP contribution in [-0.2, 0) is 10.2 Å². The van der Waals surface area contributed by atoms with Crippen LogP contribution in [0.25, 0.3) is 6.08 Å². The quantitative estimate of drug-likeness (QED) is 0.555. The molecule has 0 aliphatic heterocycles. The minimum atomic E-state index is -1.32. The van der Waals surface area contributed by atoms with Crippen molar-refractivity contribution in [3.8, 4) is 11.5 Å². The third-order valence-electron chi connectivity index (χ3n) is 4.00. The number of carboxylic acids is 1. The molecule has 0 saturated carbocycles. The molecular weight excluding hydrogens is 344 g/mol. The Hall–Kier alpha value is -3.08. The normalized spacial score (nSPS) is 11.4. The number of rotatable bonds is 7. The van der Waals surface area contributed by atoms with Gasteiger partial charge in [0, 0.05) is 5.56 Å². The maximum atomic E-state index is 12.4. The topological polar surface area (TPSA) is 75.7 Å². The molecule has 0 radical (unpaired) electrons. The van der Waals surface area contributed by atoms with Gasteiger partial charge in [-0.05, 0) is 34.8 Å². The van der Waals surface area contributed by atoms with Crippen LogP contribution in [0.15, 0.2) is 48.5 Å². The van der Waals surface area contributed by atoms with Gasteiger partial charge in [0.15, 0.2) is 17.3 Å². The van der Waals surface area contributed by atoms with E-state index < -0.39 is 12.6 Å². The molecule has 27 heavy (non-hydrogen) atoms. The number of hydrogen-bond acceptors (Lipinski definition) is 5. The zero-order valence-electron chi connectivity index (χ0n) is 15.9. The molecule has 0 aromatic heterocycles. The standard InChI is InChI=1S/C22H24O5/c1-22(2,3)17-9-7-16(8-10-17)18(23)11-5-15-6-12-19(20(13-15)26-4)27-14-21(24)25/h5-13H,14H2,1-4H3,(H,24,25)/p-1/b11-5+. The van der Waals surface area contributed by atoms with Gasteiger partial charge >= 0.3 is 0 Å². The molecule has 0 spiro atoms. The van der Waals surface area contributed by atoms with E-state index in [2.05, 4.69) is 20.8 Å². The van der Waals surface area contributed by atoms with Gasteiger partial charge < -0.3 is 19.4 Å². The summed E-state index contributed by atoms with van der Waals surface area (Å²) in [7, 11) is 1.45. The third kappa shape index (κ3) is 5.71. The Bertz CT molecular complexity index is 842. The van der Waals surface area contributed by atoms with E-state index >= 15 is 0 Å². The van der Waals surface area contributed by atoms with Crippen molar-refractivity contribution in [3.05, 3.63) is 65.2 Å². The van der Waals surface area contributed by atoms with Gasteiger partial charge in [-0.1, -0.05) is 57.2 Å². The summed E-state index contributed by atoms with van der Waals surface area (Å²) in [6.07, 6.45) is 3.16. The van der Waals surface area contributed by atoms with Gasteiger partial charge in [0.1, 0.15) is 6.61 Å². The fourth-order valence-electron chi connectivity index (χ4n) is 2.45. The number of hydrogen-bond donors (Lipinski definition) is 0. The average Bonchev–Trinajstić information content (AvgIpc) is 2.64. The number of carboxylic acid groups (broad SMARTS) is 1. The zero-order valence-corrected chi connectivity index (χ0v) is 15.9. The summed E-state index contributed by atoms with van der Waals surface area (Å²) in [4.78, 5) is 22.9. The van der Waals surface area contributed by atoms with Crippen LogP contribution in [0.3, 0.4) is 0 Å². The van der Waals surface area contributed by atoms with E-state index in [1.807, 2.05) is 24.3 Å². The third-order valence-corrected chi connectivity index (χ3v) is 4.00. The van der Waals surface area contributed by atoms with Crippen molar-refractivity contribution in [1.29, 1.82) is 0 Å². The van der Waals surface area contributed by atoms with Crippen molar-refractivity contribution in [2.24, 2.45) is 0 Å². The monoisotopic (exact) mass is 367 g/mol. The Morgan fingerprint density at radius 1 is 1.04 bits per heavy atom. The Morgan fingerprint density at radius 3 is 2.26 bits per heavy atom. The molecule has 2 aromatic carbocycles. The molecule has 0 saturated heterocycles. The van der Waals surface area contributed by atoms with Crippen molar-refractivity contribution in [2.75, 3.05) is 13.7 Å². The van der Waals surface area contributed by atoms with Crippen molar-refractivity contribution in [3.63, 3.8) is 0 Å². The van der Waals surface area contributed by atoms with E-state index in [4.69, 9.17) is 9.47 Å². The summed E-state index contributed by atoms with van der Waals surface area (Å²) in [5.41, 5.74) is 2.54. The zero-order chi connectivity index (χ0) is 20.0. The first-order chi connectivity index (χ1) is 12.7. The lowest BCUT2D eigenvalue weighted by atomic mass is 9.86. The highest BCUT2D eigenvalue weighted by atomic mass is 16.5. The molecule has 0 fully saturated rings. The predicted octanol–water partition coefficient (Wildman–Crippen LogP) is 3.02. The molecule has 5 heteroatoms. The van der Waals surface area contributed by atoms with E-state index in [0.717, 1.165) is 5.56 Å². The van der Waals surface area contributed by atoms with Crippen LogP contribution in [0.1, 0.15) is 42.3 Å². The van der Waals surface area contributed by atoms with Crippen LogP contribution in [0.5, 0.6) is 11.5 Å². The Balaban J connectivity index is 2.12. The highest BCUT2D eigenvalue weighted by molar-refractivity contribution is 6.06. The van der Waals surface area contributed by atoms with Crippen LogP contribution in [0, 0.1) is 0 Å². The fraction of sp³-hybridized carbons (Fsp3) is 0.273. The van der Waals surface area contributed by atoms with Crippen LogP contribution < -0.4 is 14.6 Å². The highest BCUT2D eigenvalue weighted by Crippen LogP contribution is 2.28. The molecule has 2 aromatic rings. The lowest BCUT2D eigenvalue weighted by molar-refractivity contribution is -0.307. The molecule has 5 nitrogen and oxygen atoms in total. The minimum absolute atomic E-state index is 0.0362. The molecule has 0 amide bonds. The van der Waals surface area contributed by atoms with Crippen molar-refractivity contribution in [2.45, 2.75) is 26.2 Å². The van der Waals surface area contributed by atoms with Gasteiger partial charge in [0.25, 0.3) is 0 Å². The summed E-state index contributed by atoms with van der Waals surface area (Å²) in [6, 6.07) is 12.5. The Morgan fingerprint density at radius 2 is 1.70 bits per heavy atom. The van der Waals surface area contributed by atoms with E-state index in [9.17, 15) is 14.7 Å². The second kappa shape index (κ2) is 8.54. The van der Waals surface area contributed by atoms with Gasteiger partial charge in [-0.25, -0.2) is 0 Å². The van der Waals surface area contributed by atoms with Crippen molar-refractivity contribution in [1.82, 2.24) is 0 Å². The first kappa shape index (κ1) is 20.2. The van der Waals surface area contributed by atoms with Crippen LogP contribution >= 0.6 is 0 Å². The van der Waals surface area contributed by atoms with E-state index in [1.165, 1.54) is 18.7 Å². The Labute approximate surface area is 159 Å².